The predicted molar refractivity (Wildman–Crippen MR) is 79.7 cm³/mol. The first kappa shape index (κ1) is 13.1. The molecule has 0 radical (unpaired) electrons. The molecule has 102 valence electrons. The summed E-state index contributed by atoms with van der Waals surface area (Å²) in [6.45, 7) is 4.30. The Balaban J connectivity index is 2.13. The van der Waals surface area contributed by atoms with E-state index >= 15 is 0 Å². The van der Waals surface area contributed by atoms with Crippen LogP contribution in [0.25, 0.3) is 10.9 Å². The molecule has 1 aromatic carbocycles. The molecule has 0 aliphatic rings. The van der Waals surface area contributed by atoms with Gasteiger partial charge in [0.1, 0.15) is 5.76 Å². The van der Waals surface area contributed by atoms with E-state index in [0.717, 1.165) is 32.8 Å². The summed E-state index contributed by atoms with van der Waals surface area (Å²) in [4.78, 5) is 9.92. The lowest BCUT2D eigenvalue weighted by atomic mass is 10.1. The van der Waals surface area contributed by atoms with E-state index in [1.54, 1.807) is 0 Å². The first-order valence-corrected chi connectivity index (χ1v) is 7.19. The second-order valence-electron chi connectivity index (χ2n) is 4.56. The van der Waals surface area contributed by atoms with E-state index in [4.69, 9.17) is 10.2 Å². The van der Waals surface area contributed by atoms with Crippen molar-refractivity contribution >= 4 is 22.7 Å². The van der Waals surface area contributed by atoms with Crippen LogP contribution >= 0.6 is 11.8 Å². The summed E-state index contributed by atoms with van der Waals surface area (Å²) in [7, 11) is 0. The van der Waals surface area contributed by atoms with Gasteiger partial charge in [0.05, 0.1) is 11.2 Å². The molecule has 2 N–H and O–H groups in total. The summed E-state index contributed by atoms with van der Waals surface area (Å²) in [5.74, 6) is 0.847. The maximum atomic E-state index is 5.83. The van der Waals surface area contributed by atoms with E-state index in [-0.39, 0.29) is 0 Å². The molecule has 0 bridgehead atoms. The molecule has 0 aliphatic heterocycles. The van der Waals surface area contributed by atoms with Gasteiger partial charge >= 0.3 is 0 Å². The number of hydrogen-bond donors (Lipinski definition) is 1. The third kappa shape index (κ3) is 2.30. The lowest BCUT2D eigenvalue weighted by molar-refractivity contribution is 0.431. The fraction of sp³-hybridized carbons (Fsp3) is 0.200. The summed E-state index contributed by atoms with van der Waals surface area (Å²) < 4.78 is 5.66. The van der Waals surface area contributed by atoms with Gasteiger partial charge in [0, 0.05) is 23.0 Å². The van der Waals surface area contributed by atoms with Gasteiger partial charge in [0.25, 0.3) is 5.22 Å². The van der Waals surface area contributed by atoms with Gasteiger partial charge in [0.2, 0.25) is 0 Å². The van der Waals surface area contributed by atoms with Crippen molar-refractivity contribution in [3.8, 4) is 0 Å². The summed E-state index contributed by atoms with van der Waals surface area (Å²) in [5, 5.41) is 1.72. The van der Waals surface area contributed by atoms with Gasteiger partial charge in [-0.3, -0.25) is 4.98 Å². The van der Waals surface area contributed by atoms with Crippen LogP contribution in [0.5, 0.6) is 0 Å². The number of rotatable bonds is 3. The van der Waals surface area contributed by atoms with Crippen LogP contribution in [-0.2, 0) is 6.54 Å². The number of aryl methyl sites for hydroxylation is 2. The standard InChI is InChI=1S/C15H15N3OS/c1-9-10(2)19-15(18-9)20-14-11(7-16)8-17-13-6-4-3-5-12(13)14/h3-6,8H,7,16H2,1-2H3. The zero-order chi connectivity index (χ0) is 14.1. The minimum atomic E-state index is 0.443. The minimum absolute atomic E-state index is 0.443. The summed E-state index contributed by atoms with van der Waals surface area (Å²) in [6, 6.07) is 8.02. The van der Waals surface area contributed by atoms with Crippen LogP contribution in [0.3, 0.4) is 0 Å². The van der Waals surface area contributed by atoms with E-state index in [0.29, 0.717) is 11.8 Å². The number of benzene rings is 1. The minimum Gasteiger partial charge on any atom is -0.436 e. The van der Waals surface area contributed by atoms with Crippen molar-refractivity contribution in [2.45, 2.75) is 30.5 Å². The highest BCUT2D eigenvalue weighted by Crippen LogP contribution is 2.35. The number of hydrogen-bond acceptors (Lipinski definition) is 5. The Morgan fingerprint density at radius 2 is 2.05 bits per heavy atom. The molecule has 0 amide bonds. The highest BCUT2D eigenvalue weighted by atomic mass is 32.2. The maximum absolute atomic E-state index is 5.83. The predicted octanol–water partition coefficient (Wildman–Crippen LogP) is 3.45. The van der Waals surface area contributed by atoms with Gasteiger partial charge in [0.15, 0.2) is 0 Å². The third-order valence-electron chi connectivity index (χ3n) is 3.22. The Bertz CT molecular complexity index is 747. The summed E-state index contributed by atoms with van der Waals surface area (Å²) in [5.41, 5.74) is 8.70. The first-order valence-electron chi connectivity index (χ1n) is 6.37. The Morgan fingerprint density at radius 3 is 2.75 bits per heavy atom. The molecule has 0 aliphatic carbocycles. The van der Waals surface area contributed by atoms with Crippen LogP contribution in [0.2, 0.25) is 0 Å². The SMILES string of the molecule is Cc1nc(Sc2c(CN)cnc3ccccc23)oc1C. The first-order chi connectivity index (χ1) is 9.69. The summed E-state index contributed by atoms with van der Waals surface area (Å²) in [6.07, 6.45) is 1.83. The second kappa shape index (κ2) is 5.26. The van der Waals surface area contributed by atoms with Gasteiger partial charge in [-0.1, -0.05) is 18.2 Å². The topological polar surface area (TPSA) is 64.9 Å². The van der Waals surface area contributed by atoms with Gasteiger partial charge in [-0.15, -0.1) is 0 Å². The smallest absolute Gasteiger partial charge is 0.261 e. The largest absolute Gasteiger partial charge is 0.436 e. The molecule has 3 aromatic rings. The molecular weight excluding hydrogens is 270 g/mol. The summed E-state index contributed by atoms with van der Waals surface area (Å²) >= 11 is 1.51. The lowest BCUT2D eigenvalue weighted by Gasteiger charge is -2.08. The molecule has 4 nitrogen and oxygen atoms in total. The molecule has 2 aromatic heterocycles. The molecule has 0 saturated carbocycles. The molecular formula is C15H15N3OS. The Hall–Kier alpha value is -1.85. The van der Waals surface area contributed by atoms with Crippen LogP contribution in [0.1, 0.15) is 17.0 Å². The fourth-order valence-electron chi connectivity index (χ4n) is 2.00. The number of fused-ring (bicyclic) bond motifs is 1. The van der Waals surface area contributed by atoms with Crippen molar-refractivity contribution in [2.24, 2.45) is 5.73 Å². The van der Waals surface area contributed by atoms with E-state index in [9.17, 15) is 0 Å². The van der Waals surface area contributed by atoms with Gasteiger partial charge in [-0.05, 0) is 37.2 Å². The third-order valence-corrected chi connectivity index (χ3v) is 4.25. The second-order valence-corrected chi connectivity index (χ2v) is 5.52. The number of oxazole rings is 1. The van der Waals surface area contributed by atoms with Crippen LogP contribution in [0.15, 0.2) is 45.0 Å². The van der Waals surface area contributed by atoms with Crippen molar-refractivity contribution < 1.29 is 4.42 Å². The molecule has 3 rings (SSSR count). The molecule has 0 spiro atoms. The zero-order valence-electron chi connectivity index (χ0n) is 11.4. The van der Waals surface area contributed by atoms with E-state index in [1.165, 1.54) is 11.8 Å². The molecule has 20 heavy (non-hydrogen) atoms. The van der Waals surface area contributed by atoms with Crippen LogP contribution < -0.4 is 5.73 Å². The number of aromatic nitrogens is 2. The van der Waals surface area contributed by atoms with Crippen molar-refractivity contribution in [3.05, 3.63) is 47.5 Å². The highest BCUT2D eigenvalue weighted by molar-refractivity contribution is 7.99. The normalized spacial score (nSPS) is 11.2. The molecule has 2 heterocycles. The van der Waals surface area contributed by atoms with Gasteiger partial charge in [-0.2, -0.15) is 0 Å². The Morgan fingerprint density at radius 1 is 1.25 bits per heavy atom. The molecule has 0 unspecified atom stereocenters. The van der Waals surface area contributed by atoms with Crippen LogP contribution in [0.4, 0.5) is 0 Å². The Kier molecular flexibility index (Phi) is 3.46. The van der Waals surface area contributed by atoms with E-state index in [1.807, 2.05) is 44.3 Å². The number of nitrogens with zero attached hydrogens (tertiary/aromatic N) is 2. The van der Waals surface area contributed by atoms with Gasteiger partial charge in [-0.25, -0.2) is 4.98 Å². The highest BCUT2D eigenvalue weighted by Gasteiger charge is 2.13. The van der Waals surface area contributed by atoms with Crippen molar-refractivity contribution in [1.29, 1.82) is 0 Å². The quantitative estimate of drug-likeness (QED) is 0.798. The van der Waals surface area contributed by atoms with Gasteiger partial charge < -0.3 is 10.2 Å². The van der Waals surface area contributed by atoms with E-state index < -0.39 is 0 Å². The average molecular weight is 285 g/mol. The molecule has 0 saturated heterocycles. The monoisotopic (exact) mass is 285 g/mol. The van der Waals surface area contributed by atoms with Crippen molar-refractivity contribution in [1.82, 2.24) is 9.97 Å². The lowest BCUT2D eigenvalue weighted by Crippen LogP contribution is -2.00. The van der Waals surface area contributed by atoms with Crippen molar-refractivity contribution in [2.75, 3.05) is 0 Å². The van der Waals surface area contributed by atoms with E-state index in [2.05, 4.69) is 9.97 Å². The number of pyridine rings is 1. The molecule has 0 fully saturated rings. The van der Waals surface area contributed by atoms with Crippen LogP contribution in [0, 0.1) is 13.8 Å². The Labute approximate surface area is 121 Å². The number of nitrogens with two attached hydrogens (primary N) is 1. The zero-order valence-corrected chi connectivity index (χ0v) is 12.2. The molecule has 0 atom stereocenters. The number of para-hydroxylation sites is 1. The maximum Gasteiger partial charge on any atom is 0.261 e. The molecule has 5 heteroatoms. The van der Waals surface area contributed by atoms with Crippen LogP contribution in [-0.4, -0.2) is 9.97 Å². The average Bonchev–Trinajstić information content (AvgIpc) is 2.78. The fourth-order valence-corrected chi connectivity index (χ4v) is 3.07. The van der Waals surface area contributed by atoms with Crippen molar-refractivity contribution in [3.63, 3.8) is 0 Å².